The lowest BCUT2D eigenvalue weighted by molar-refractivity contribution is 0.103. The Kier molecular flexibility index (Phi) is 8.74. The molecule has 0 saturated carbocycles. The lowest BCUT2D eigenvalue weighted by atomic mass is 9.97. The predicted octanol–water partition coefficient (Wildman–Crippen LogP) is 12.1. The zero-order chi connectivity index (χ0) is 40.2. The molecule has 0 bridgehead atoms. The third-order valence-corrected chi connectivity index (χ3v) is 12.8. The number of fused-ring (bicyclic) bond motifs is 5. The van der Waals surface area contributed by atoms with Crippen LogP contribution in [-0.4, -0.2) is 11.6 Å². The number of rotatable bonds is 4. The maximum Gasteiger partial charge on any atom is 0.194 e. The zero-order valence-corrected chi connectivity index (χ0v) is 32.6. The molecular formula is C50H26N4O2S2. The van der Waals surface area contributed by atoms with Crippen LogP contribution in [0.5, 0.6) is 0 Å². The molecule has 0 N–H and O–H groups in total. The molecular weight excluding hydrogens is 753 g/mol. The molecule has 0 radical (unpaired) electrons. The number of carbonyl (C=O) groups is 2. The largest absolute Gasteiger partial charge is 0.289 e. The van der Waals surface area contributed by atoms with Crippen LogP contribution in [0.2, 0.25) is 0 Å². The van der Waals surface area contributed by atoms with Gasteiger partial charge in [0.2, 0.25) is 0 Å². The second-order valence-electron chi connectivity index (χ2n) is 14.1. The van der Waals surface area contributed by atoms with Gasteiger partial charge in [-0.25, -0.2) is 0 Å². The predicted molar refractivity (Wildman–Crippen MR) is 230 cm³/mol. The number of hydrogen-bond donors (Lipinski definition) is 0. The van der Waals surface area contributed by atoms with E-state index in [2.05, 4.69) is 50.2 Å². The smallest absolute Gasteiger partial charge is 0.194 e. The molecule has 8 heteroatoms. The summed E-state index contributed by atoms with van der Waals surface area (Å²) in [6, 6.07) is 43.1. The van der Waals surface area contributed by atoms with Gasteiger partial charge in [-0.3, -0.25) is 9.59 Å². The average molecular weight is 779 g/mol. The Morgan fingerprint density at radius 3 is 1.24 bits per heavy atom. The summed E-state index contributed by atoms with van der Waals surface area (Å²) in [5, 5.41) is 38.9. The number of Topliss-reactive ketones (excluding diaryl/α,β-unsaturated/α-hetero) is 2. The van der Waals surface area contributed by atoms with Crippen LogP contribution in [0.1, 0.15) is 66.6 Å². The number of ketones is 2. The molecule has 6 nitrogen and oxygen atoms in total. The topological polar surface area (TPSA) is 129 Å². The molecule has 0 fully saturated rings. The maximum absolute atomic E-state index is 13.5. The highest BCUT2D eigenvalue weighted by molar-refractivity contribution is 7.16. The summed E-state index contributed by atoms with van der Waals surface area (Å²) in [6.07, 6.45) is 3.57. The van der Waals surface area contributed by atoms with Crippen molar-refractivity contribution in [3.05, 3.63) is 180 Å². The van der Waals surface area contributed by atoms with Crippen molar-refractivity contribution in [2.45, 2.75) is 13.8 Å². The molecule has 0 saturated heterocycles. The van der Waals surface area contributed by atoms with Gasteiger partial charge in [-0.15, -0.1) is 22.7 Å². The maximum atomic E-state index is 13.5. The highest BCUT2D eigenvalue weighted by Gasteiger charge is 2.34. The first-order valence-corrected chi connectivity index (χ1v) is 19.9. The van der Waals surface area contributed by atoms with Crippen molar-refractivity contribution in [3.8, 4) is 56.3 Å². The molecule has 0 aliphatic heterocycles. The van der Waals surface area contributed by atoms with Gasteiger partial charge in [-0.1, -0.05) is 78.4 Å². The van der Waals surface area contributed by atoms with Crippen LogP contribution < -0.4 is 0 Å². The van der Waals surface area contributed by atoms with Crippen LogP contribution in [0.25, 0.3) is 60.9 Å². The Hall–Kier alpha value is -7.72. The Morgan fingerprint density at radius 1 is 0.466 bits per heavy atom. The molecule has 9 rings (SSSR count). The van der Waals surface area contributed by atoms with Gasteiger partial charge in [-0.2, -0.15) is 21.0 Å². The van der Waals surface area contributed by atoms with E-state index in [1.165, 1.54) is 11.1 Å². The Morgan fingerprint density at radius 2 is 0.862 bits per heavy atom. The summed E-state index contributed by atoms with van der Waals surface area (Å²) in [6.45, 7) is 4.24. The molecule has 0 unspecified atom stereocenters. The average Bonchev–Trinajstić information content (AvgIpc) is 4.07. The number of nitriles is 4. The van der Waals surface area contributed by atoms with Gasteiger partial charge in [0.05, 0.1) is 0 Å². The molecule has 3 aliphatic rings. The third-order valence-electron chi connectivity index (χ3n) is 10.6. The van der Waals surface area contributed by atoms with Crippen molar-refractivity contribution in [2.24, 2.45) is 0 Å². The first kappa shape index (κ1) is 35.9. The molecule has 6 aromatic rings. The molecule has 0 spiro atoms. The first-order valence-electron chi connectivity index (χ1n) is 18.2. The van der Waals surface area contributed by atoms with E-state index in [1.807, 2.05) is 48.5 Å². The van der Waals surface area contributed by atoms with E-state index in [-0.39, 0.29) is 22.7 Å². The summed E-state index contributed by atoms with van der Waals surface area (Å²) in [5.41, 5.74) is 12.4. The van der Waals surface area contributed by atoms with Gasteiger partial charge in [0, 0.05) is 52.9 Å². The van der Waals surface area contributed by atoms with Crippen LogP contribution in [0.4, 0.5) is 0 Å². The minimum absolute atomic E-state index is 0.0844. The van der Waals surface area contributed by atoms with Crippen LogP contribution in [0.3, 0.4) is 0 Å². The molecule has 2 aromatic heterocycles. The molecule has 270 valence electrons. The number of carbonyl (C=O) groups excluding carboxylic acids is 2. The second-order valence-corrected chi connectivity index (χ2v) is 16.3. The first-order chi connectivity index (χ1) is 28.2. The standard InChI is InChI=1S/C50H26N4O2S2/c1-27(2)46-40-19-28(44-17-13-32(57-44)21-42-47(30(23-51)24-52)36-7-3-5-9-38(36)49(42)55)11-15-34(40)35-16-12-29(20-41(35)46)45-18-14-33(58-45)22-43-48(31(25-53)26-54)37-8-4-6-10-39(37)50(43)56/h3-22H,1-2H3/b42-21-,43-22-. The van der Waals surface area contributed by atoms with Crippen LogP contribution in [0, 0.1) is 45.3 Å². The normalized spacial score (nSPS) is 14.7. The van der Waals surface area contributed by atoms with Gasteiger partial charge in [0.25, 0.3) is 0 Å². The van der Waals surface area contributed by atoms with Crippen molar-refractivity contribution in [1.29, 1.82) is 21.0 Å². The van der Waals surface area contributed by atoms with Gasteiger partial charge in [-0.05, 0) is 112 Å². The van der Waals surface area contributed by atoms with Crippen molar-refractivity contribution >= 4 is 63.1 Å². The monoisotopic (exact) mass is 778 g/mol. The number of thiophene rings is 2. The second kappa shape index (κ2) is 14.1. The third kappa shape index (κ3) is 5.64. The van der Waals surface area contributed by atoms with Gasteiger partial charge < -0.3 is 0 Å². The van der Waals surface area contributed by atoms with E-state index >= 15 is 0 Å². The molecule has 58 heavy (non-hydrogen) atoms. The SMILES string of the molecule is CC(C)=C1c2cc(-c3ccc(/C=C4\C(=O)c5ccccc5C4=C(C#N)C#N)s3)ccc2-c2ccc(-c3ccc(/C=C4\C(=O)c5ccccc5C4=C(C#N)C#N)s3)cc21. The highest BCUT2D eigenvalue weighted by atomic mass is 32.1. The van der Waals surface area contributed by atoms with Crippen molar-refractivity contribution in [1.82, 2.24) is 0 Å². The fourth-order valence-electron chi connectivity index (χ4n) is 8.11. The molecule has 4 aromatic carbocycles. The molecule has 2 heterocycles. The van der Waals surface area contributed by atoms with Crippen LogP contribution >= 0.6 is 22.7 Å². The Labute approximate surface area is 342 Å². The summed E-state index contributed by atoms with van der Waals surface area (Å²) in [4.78, 5) is 30.7. The number of nitrogens with zero attached hydrogens (tertiary/aromatic N) is 4. The van der Waals surface area contributed by atoms with Crippen molar-refractivity contribution in [3.63, 3.8) is 0 Å². The summed E-state index contributed by atoms with van der Waals surface area (Å²) < 4.78 is 0. The number of hydrogen-bond acceptors (Lipinski definition) is 8. The highest BCUT2D eigenvalue weighted by Crippen LogP contribution is 2.49. The lowest BCUT2D eigenvalue weighted by Crippen LogP contribution is -1.95. The number of benzene rings is 4. The quantitative estimate of drug-likeness (QED) is 0.129. The van der Waals surface area contributed by atoms with Gasteiger partial charge in [0.15, 0.2) is 11.6 Å². The Balaban J connectivity index is 1.04. The molecule has 0 amide bonds. The number of allylic oxidation sites excluding steroid dienone is 7. The van der Waals surface area contributed by atoms with E-state index < -0.39 is 0 Å². The van der Waals surface area contributed by atoms with E-state index in [0.717, 1.165) is 52.9 Å². The summed E-state index contributed by atoms with van der Waals surface area (Å²) in [7, 11) is 0. The fourth-order valence-corrected chi connectivity index (χ4v) is 10.0. The zero-order valence-electron chi connectivity index (χ0n) is 31.0. The van der Waals surface area contributed by atoms with Gasteiger partial charge in [0.1, 0.15) is 35.4 Å². The van der Waals surface area contributed by atoms with E-state index in [9.17, 15) is 30.6 Å². The van der Waals surface area contributed by atoms with Crippen LogP contribution in [0.15, 0.2) is 137 Å². The van der Waals surface area contributed by atoms with Crippen LogP contribution in [-0.2, 0) is 0 Å². The van der Waals surface area contributed by atoms with Crippen molar-refractivity contribution in [2.75, 3.05) is 0 Å². The van der Waals surface area contributed by atoms with E-state index in [4.69, 9.17) is 0 Å². The lowest BCUT2D eigenvalue weighted by Gasteiger charge is -2.08. The Bertz CT molecular complexity index is 2980. The summed E-state index contributed by atoms with van der Waals surface area (Å²) in [5.74, 6) is -0.402. The van der Waals surface area contributed by atoms with E-state index in [1.54, 1.807) is 83.4 Å². The summed E-state index contributed by atoms with van der Waals surface area (Å²) >= 11 is 3.09. The minimum Gasteiger partial charge on any atom is -0.289 e. The van der Waals surface area contributed by atoms with E-state index in [0.29, 0.717) is 44.5 Å². The fraction of sp³-hybridized carbons (Fsp3) is 0.0400. The van der Waals surface area contributed by atoms with Gasteiger partial charge >= 0.3 is 0 Å². The minimum atomic E-state index is -0.201. The molecule has 0 atom stereocenters. The van der Waals surface area contributed by atoms with Crippen molar-refractivity contribution < 1.29 is 9.59 Å². The molecule has 3 aliphatic carbocycles.